The van der Waals surface area contributed by atoms with E-state index >= 15 is 0 Å². The van der Waals surface area contributed by atoms with Gasteiger partial charge >= 0.3 is 0 Å². The summed E-state index contributed by atoms with van der Waals surface area (Å²) in [7, 11) is 0. The molecule has 0 bridgehead atoms. The van der Waals surface area contributed by atoms with Crippen LogP contribution in [0.5, 0.6) is 0 Å². The van der Waals surface area contributed by atoms with Gasteiger partial charge in [0, 0.05) is 5.02 Å². The number of nitrogens with zero attached hydrogens (tertiary/aromatic N) is 1. The zero-order valence-corrected chi connectivity index (χ0v) is 11.5. The molecule has 1 aromatic rings. The van der Waals surface area contributed by atoms with Crippen LogP contribution in [0.2, 0.25) is 5.02 Å². The lowest BCUT2D eigenvalue weighted by Gasteiger charge is -1.99. The van der Waals surface area contributed by atoms with E-state index in [1.54, 1.807) is 0 Å². The lowest BCUT2D eigenvalue weighted by molar-refractivity contribution is 0.318. The van der Waals surface area contributed by atoms with Gasteiger partial charge in [-0.15, -0.1) is 0 Å². The van der Waals surface area contributed by atoms with Crippen molar-refractivity contribution in [3.8, 4) is 0 Å². The van der Waals surface area contributed by atoms with Crippen LogP contribution in [0.4, 0.5) is 0 Å². The monoisotopic (exact) mass is 265 g/mol. The Balaban J connectivity index is 2.45. The van der Waals surface area contributed by atoms with Crippen molar-refractivity contribution in [3.05, 3.63) is 40.9 Å². The van der Waals surface area contributed by atoms with Crippen molar-refractivity contribution in [2.75, 3.05) is 0 Å². The maximum atomic E-state index is 8.92. The molecule has 0 aliphatic carbocycles. The van der Waals surface area contributed by atoms with Crippen LogP contribution in [0.1, 0.15) is 44.6 Å². The minimum absolute atomic E-state index is 0.723. The second-order valence-electron chi connectivity index (χ2n) is 4.29. The molecule has 18 heavy (non-hydrogen) atoms. The second kappa shape index (κ2) is 8.76. The fourth-order valence-electron chi connectivity index (χ4n) is 1.67. The highest BCUT2D eigenvalue weighted by molar-refractivity contribution is 6.30. The standard InChI is InChI=1S/C15H20ClNO/c1-2-3-4-5-6-15(17-18)12-9-13-7-10-14(16)11-8-13/h7-12,18H,2-6H2,1H3. The van der Waals surface area contributed by atoms with E-state index in [9.17, 15) is 0 Å². The summed E-state index contributed by atoms with van der Waals surface area (Å²) in [5.74, 6) is 0. The third kappa shape index (κ3) is 5.87. The molecule has 0 saturated carbocycles. The third-order valence-electron chi connectivity index (χ3n) is 2.75. The Morgan fingerprint density at radius 3 is 2.56 bits per heavy atom. The van der Waals surface area contributed by atoms with Crippen LogP contribution < -0.4 is 0 Å². The summed E-state index contributed by atoms with van der Waals surface area (Å²) in [6.45, 7) is 2.18. The van der Waals surface area contributed by atoms with Crippen LogP contribution in [-0.2, 0) is 0 Å². The van der Waals surface area contributed by atoms with Gasteiger partial charge in [0.05, 0.1) is 5.71 Å². The highest BCUT2D eigenvalue weighted by Crippen LogP contribution is 2.11. The van der Waals surface area contributed by atoms with Gasteiger partial charge < -0.3 is 5.21 Å². The lowest BCUT2D eigenvalue weighted by atomic mass is 10.1. The normalized spacial score (nSPS) is 12.2. The van der Waals surface area contributed by atoms with Gasteiger partial charge in [-0.3, -0.25) is 0 Å². The molecular formula is C15H20ClNO. The minimum Gasteiger partial charge on any atom is -0.411 e. The summed E-state index contributed by atoms with van der Waals surface area (Å²) in [6, 6.07) is 7.56. The summed E-state index contributed by atoms with van der Waals surface area (Å²) in [5.41, 5.74) is 1.77. The number of oxime groups is 1. The first-order valence-electron chi connectivity index (χ1n) is 6.41. The molecule has 0 saturated heterocycles. The smallest absolute Gasteiger partial charge is 0.0795 e. The predicted molar refractivity (Wildman–Crippen MR) is 78.5 cm³/mol. The van der Waals surface area contributed by atoms with Crippen molar-refractivity contribution in [1.82, 2.24) is 0 Å². The summed E-state index contributed by atoms with van der Waals surface area (Å²) < 4.78 is 0. The van der Waals surface area contributed by atoms with Crippen LogP contribution >= 0.6 is 11.6 Å². The number of benzene rings is 1. The van der Waals surface area contributed by atoms with Gasteiger partial charge in [-0.25, -0.2) is 0 Å². The van der Waals surface area contributed by atoms with E-state index in [2.05, 4.69) is 12.1 Å². The predicted octanol–water partition coefficient (Wildman–Crippen LogP) is 5.15. The van der Waals surface area contributed by atoms with Gasteiger partial charge in [-0.1, -0.05) is 61.2 Å². The first-order chi connectivity index (χ1) is 8.76. The van der Waals surface area contributed by atoms with Crippen molar-refractivity contribution in [1.29, 1.82) is 0 Å². The Morgan fingerprint density at radius 1 is 1.22 bits per heavy atom. The number of hydrogen-bond donors (Lipinski definition) is 1. The Hall–Kier alpha value is -1.28. The van der Waals surface area contributed by atoms with Crippen LogP contribution in [-0.4, -0.2) is 10.9 Å². The molecule has 0 radical (unpaired) electrons. The van der Waals surface area contributed by atoms with E-state index in [0.29, 0.717) is 0 Å². The molecule has 3 heteroatoms. The average molecular weight is 266 g/mol. The van der Waals surface area contributed by atoms with Gasteiger partial charge in [-0.2, -0.15) is 0 Å². The Bertz CT molecular complexity index is 395. The molecule has 0 aromatic heterocycles. The maximum Gasteiger partial charge on any atom is 0.0795 e. The van der Waals surface area contributed by atoms with E-state index in [0.717, 1.165) is 29.1 Å². The fraction of sp³-hybridized carbons (Fsp3) is 0.400. The van der Waals surface area contributed by atoms with Gasteiger partial charge in [-0.05, 0) is 36.6 Å². The lowest BCUT2D eigenvalue weighted by Crippen LogP contribution is -1.93. The van der Waals surface area contributed by atoms with Gasteiger partial charge in [0.25, 0.3) is 0 Å². The van der Waals surface area contributed by atoms with Crippen LogP contribution in [0, 0.1) is 0 Å². The summed E-state index contributed by atoms with van der Waals surface area (Å²) >= 11 is 5.81. The van der Waals surface area contributed by atoms with Crippen molar-refractivity contribution >= 4 is 23.4 Å². The zero-order chi connectivity index (χ0) is 13.2. The second-order valence-corrected chi connectivity index (χ2v) is 4.72. The highest BCUT2D eigenvalue weighted by Gasteiger charge is 1.96. The number of hydrogen-bond acceptors (Lipinski definition) is 2. The van der Waals surface area contributed by atoms with E-state index in [1.807, 2.05) is 36.4 Å². The van der Waals surface area contributed by atoms with Crippen LogP contribution in [0.15, 0.2) is 35.5 Å². The van der Waals surface area contributed by atoms with E-state index in [1.165, 1.54) is 19.3 Å². The summed E-state index contributed by atoms with van der Waals surface area (Å²) in [4.78, 5) is 0. The van der Waals surface area contributed by atoms with E-state index in [4.69, 9.17) is 16.8 Å². The molecular weight excluding hydrogens is 246 g/mol. The molecule has 0 spiro atoms. The number of halogens is 1. The van der Waals surface area contributed by atoms with Gasteiger partial charge in [0.1, 0.15) is 0 Å². The van der Waals surface area contributed by atoms with E-state index in [-0.39, 0.29) is 0 Å². The van der Waals surface area contributed by atoms with Crippen molar-refractivity contribution in [2.45, 2.75) is 39.0 Å². The zero-order valence-electron chi connectivity index (χ0n) is 10.8. The quantitative estimate of drug-likeness (QED) is 0.314. The van der Waals surface area contributed by atoms with Gasteiger partial charge in [0.15, 0.2) is 0 Å². The topological polar surface area (TPSA) is 32.6 Å². The minimum atomic E-state index is 0.723. The first-order valence-corrected chi connectivity index (χ1v) is 6.78. The first kappa shape index (κ1) is 14.8. The summed E-state index contributed by atoms with van der Waals surface area (Å²) in [5, 5.41) is 13.0. The maximum absolute atomic E-state index is 8.92. The molecule has 1 aromatic carbocycles. The van der Waals surface area contributed by atoms with Crippen molar-refractivity contribution < 1.29 is 5.21 Å². The fourth-order valence-corrected chi connectivity index (χ4v) is 1.79. The highest BCUT2D eigenvalue weighted by atomic mass is 35.5. The number of rotatable bonds is 7. The van der Waals surface area contributed by atoms with E-state index < -0.39 is 0 Å². The van der Waals surface area contributed by atoms with Crippen LogP contribution in [0.3, 0.4) is 0 Å². The molecule has 98 valence electrons. The number of unbranched alkanes of at least 4 members (excludes halogenated alkanes) is 3. The van der Waals surface area contributed by atoms with Crippen molar-refractivity contribution in [3.63, 3.8) is 0 Å². The molecule has 2 nitrogen and oxygen atoms in total. The molecule has 0 amide bonds. The summed E-state index contributed by atoms with van der Waals surface area (Å²) in [6.07, 6.45) is 9.31. The molecule has 1 N–H and O–H groups in total. The molecule has 0 unspecified atom stereocenters. The SMILES string of the molecule is CCCCCCC(C=Cc1ccc(Cl)cc1)=NO. The van der Waals surface area contributed by atoms with Crippen molar-refractivity contribution in [2.24, 2.45) is 5.16 Å². The largest absolute Gasteiger partial charge is 0.411 e. The molecule has 0 heterocycles. The molecule has 0 aliphatic rings. The molecule has 1 rings (SSSR count). The Labute approximate surface area is 114 Å². The molecule has 0 atom stereocenters. The third-order valence-corrected chi connectivity index (χ3v) is 3.01. The Morgan fingerprint density at radius 2 is 1.94 bits per heavy atom. The number of allylic oxidation sites excluding steroid dienone is 1. The molecule has 0 aliphatic heterocycles. The Kier molecular flexibility index (Phi) is 7.19. The van der Waals surface area contributed by atoms with Crippen LogP contribution in [0.25, 0.3) is 6.08 Å². The molecule has 0 fully saturated rings. The van der Waals surface area contributed by atoms with Gasteiger partial charge in [0.2, 0.25) is 0 Å². The average Bonchev–Trinajstić information content (AvgIpc) is 2.40.